The van der Waals surface area contributed by atoms with Crippen molar-refractivity contribution in [3.63, 3.8) is 0 Å². The lowest BCUT2D eigenvalue weighted by Gasteiger charge is -2.29. The van der Waals surface area contributed by atoms with Crippen LogP contribution in [0.2, 0.25) is 0 Å². The lowest BCUT2D eigenvalue weighted by Crippen LogP contribution is -2.48. The van der Waals surface area contributed by atoms with E-state index in [1.165, 1.54) is 18.9 Å². The Bertz CT molecular complexity index is 849. The summed E-state index contributed by atoms with van der Waals surface area (Å²) in [6.07, 6.45) is 7.03. The quantitative estimate of drug-likeness (QED) is 0.890. The van der Waals surface area contributed by atoms with Crippen LogP contribution in [0.5, 0.6) is 0 Å². The van der Waals surface area contributed by atoms with E-state index in [2.05, 4.69) is 15.7 Å². The largest absolute Gasteiger partial charge is 0.348 e. The van der Waals surface area contributed by atoms with Gasteiger partial charge in [0.15, 0.2) is 5.69 Å². The number of nitrogens with one attached hydrogen (secondary N) is 2. The highest BCUT2D eigenvalue weighted by Crippen LogP contribution is 2.30. The number of para-hydroxylation sites is 1. The van der Waals surface area contributed by atoms with Crippen LogP contribution in [0.25, 0.3) is 5.69 Å². The number of amides is 1. The summed E-state index contributed by atoms with van der Waals surface area (Å²) >= 11 is 0. The molecule has 1 aromatic carbocycles. The number of benzene rings is 1. The molecule has 3 heterocycles. The van der Waals surface area contributed by atoms with Gasteiger partial charge in [-0.15, -0.1) is 0 Å². The molecule has 2 aromatic rings. The molecule has 26 heavy (non-hydrogen) atoms. The van der Waals surface area contributed by atoms with Gasteiger partial charge in [-0.1, -0.05) is 12.1 Å². The number of fused-ring (bicyclic) bond motifs is 3. The molecule has 2 bridgehead atoms. The van der Waals surface area contributed by atoms with Crippen molar-refractivity contribution in [2.24, 2.45) is 0 Å². The smallest absolute Gasteiger partial charge is 0.272 e. The van der Waals surface area contributed by atoms with Gasteiger partial charge in [-0.2, -0.15) is 5.10 Å². The lowest BCUT2D eigenvalue weighted by molar-refractivity contribution is 0.0917. The highest BCUT2D eigenvalue weighted by Gasteiger charge is 2.35. The van der Waals surface area contributed by atoms with Gasteiger partial charge in [0, 0.05) is 29.4 Å². The molecule has 2 atom stereocenters. The van der Waals surface area contributed by atoms with E-state index in [0.29, 0.717) is 23.5 Å². The zero-order valence-electron chi connectivity index (χ0n) is 14.7. The Hall–Kier alpha value is -2.21. The van der Waals surface area contributed by atoms with Crippen LogP contribution in [0.1, 0.15) is 53.8 Å². The number of hydrogen-bond donors (Lipinski definition) is 2. The van der Waals surface area contributed by atoms with Crippen molar-refractivity contribution in [1.29, 1.82) is 0 Å². The van der Waals surface area contributed by atoms with Gasteiger partial charge < -0.3 is 10.6 Å². The summed E-state index contributed by atoms with van der Waals surface area (Å²) in [5.41, 5.74) is 2.87. The number of carbonyl (C=O) groups is 1. The third-order valence-corrected chi connectivity index (χ3v) is 6.03. The van der Waals surface area contributed by atoms with Crippen molar-refractivity contribution in [2.45, 2.75) is 63.1 Å². The number of nitrogens with zero attached hydrogens (tertiary/aromatic N) is 2. The molecule has 0 spiro atoms. The molecule has 2 saturated heterocycles. The molecule has 0 radical (unpaired) electrons. The van der Waals surface area contributed by atoms with E-state index >= 15 is 0 Å². The first-order valence-electron chi connectivity index (χ1n) is 9.61. The van der Waals surface area contributed by atoms with Gasteiger partial charge in [0.05, 0.1) is 0 Å². The summed E-state index contributed by atoms with van der Waals surface area (Å²) in [4.78, 5) is 12.9. The van der Waals surface area contributed by atoms with Crippen molar-refractivity contribution < 1.29 is 9.18 Å². The third kappa shape index (κ3) is 2.63. The molecule has 5 rings (SSSR count). The zero-order chi connectivity index (χ0) is 17.7. The Morgan fingerprint density at radius 2 is 1.96 bits per heavy atom. The predicted molar refractivity (Wildman–Crippen MR) is 96.0 cm³/mol. The van der Waals surface area contributed by atoms with E-state index in [4.69, 9.17) is 0 Å². The standard InChI is InChI=1S/C20H23FN4O/c21-16-5-1-2-6-18(16)25-17-7-3-4-15(17)19(24-25)20(26)23-14-10-12-8-9-13(11-14)22-12/h1-2,5-6,12-14,22H,3-4,7-11H2,(H,23,26). The first-order valence-corrected chi connectivity index (χ1v) is 9.61. The van der Waals surface area contributed by atoms with Gasteiger partial charge >= 0.3 is 0 Å². The maximum Gasteiger partial charge on any atom is 0.272 e. The number of halogens is 1. The molecule has 3 aliphatic rings. The van der Waals surface area contributed by atoms with Gasteiger partial charge in [-0.05, 0) is 57.1 Å². The Morgan fingerprint density at radius 3 is 2.73 bits per heavy atom. The molecular formula is C20H23FN4O. The van der Waals surface area contributed by atoms with Crippen molar-refractivity contribution >= 4 is 5.91 Å². The van der Waals surface area contributed by atoms with E-state index in [1.54, 1.807) is 22.9 Å². The fraction of sp³-hybridized carbons (Fsp3) is 0.500. The number of aromatic nitrogens is 2. The van der Waals surface area contributed by atoms with E-state index in [1.807, 2.05) is 0 Å². The molecule has 5 nitrogen and oxygen atoms in total. The normalized spacial score (nSPS) is 26.7. The first kappa shape index (κ1) is 16.0. The van der Waals surface area contributed by atoms with Crippen LogP contribution in [-0.4, -0.2) is 33.8 Å². The van der Waals surface area contributed by atoms with Gasteiger partial charge in [0.2, 0.25) is 0 Å². The molecule has 6 heteroatoms. The van der Waals surface area contributed by atoms with Gasteiger partial charge in [0.25, 0.3) is 5.91 Å². The fourth-order valence-corrected chi connectivity index (χ4v) is 4.87. The summed E-state index contributed by atoms with van der Waals surface area (Å²) in [6.45, 7) is 0. The average molecular weight is 354 g/mol. The molecule has 2 unspecified atom stereocenters. The molecule has 2 aliphatic heterocycles. The lowest BCUT2D eigenvalue weighted by atomic mass is 9.99. The summed E-state index contributed by atoms with van der Waals surface area (Å²) in [5, 5.41) is 11.3. The maximum absolute atomic E-state index is 14.3. The SMILES string of the molecule is O=C(NC1CC2CCC(C1)N2)c1nn(-c2ccccc2F)c2c1CCC2. The highest BCUT2D eigenvalue weighted by molar-refractivity contribution is 5.94. The Kier molecular flexibility index (Phi) is 3.81. The van der Waals surface area contributed by atoms with Crippen LogP contribution >= 0.6 is 0 Å². The Labute approximate surface area is 152 Å². The van der Waals surface area contributed by atoms with Gasteiger partial charge in [-0.3, -0.25) is 4.79 Å². The summed E-state index contributed by atoms with van der Waals surface area (Å²) in [6, 6.07) is 7.88. The van der Waals surface area contributed by atoms with Gasteiger partial charge in [0.1, 0.15) is 11.5 Å². The van der Waals surface area contributed by atoms with E-state index in [9.17, 15) is 9.18 Å². The predicted octanol–water partition coefficient (Wildman–Crippen LogP) is 2.51. The second kappa shape index (κ2) is 6.20. The summed E-state index contributed by atoms with van der Waals surface area (Å²) in [7, 11) is 0. The second-order valence-electron chi connectivity index (χ2n) is 7.77. The van der Waals surface area contributed by atoms with Crippen molar-refractivity contribution in [3.8, 4) is 5.69 Å². The number of piperidine rings is 1. The molecular weight excluding hydrogens is 331 g/mol. The second-order valence-corrected chi connectivity index (χ2v) is 7.77. The minimum Gasteiger partial charge on any atom is -0.348 e. The van der Waals surface area contributed by atoms with Crippen LogP contribution in [0, 0.1) is 5.82 Å². The van der Waals surface area contributed by atoms with Crippen molar-refractivity contribution in [1.82, 2.24) is 20.4 Å². The van der Waals surface area contributed by atoms with Crippen LogP contribution in [0.3, 0.4) is 0 Å². The molecule has 1 aromatic heterocycles. The van der Waals surface area contributed by atoms with Crippen molar-refractivity contribution in [3.05, 3.63) is 47.0 Å². The van der Waals surface area contributed by atoms with E-state index in [0.717, 1.165) is 43.4 Å². The fourth-order valence-electron chi connectivity index (χ4n) is 4.87. The van der Waals surface area contributed by atoms with E-state index in [-0.39, 0.29) is 17.8 Å². The monoisotopic (exact) mass is 354 g/mol. The third-order valence-electron chi connectivity index (χ3n) is 6.03. The van der Waals surface area contributed by atoms with Crippen LogP contribution in [-0.2, 0) is 12.8 Å². The molecule has 1 aliphatic carbocycles. The highest BCUT2D eigenvalue weighted by atomic mass is 19.1. The van der Waals surface area contributed by atoms with Crippen LogP contribution in [0.15, 0.2) is 24.3 Å². The minimum atomic E-state index is -0.313. The Balaban J connectivity index is 1.43. The minimum absolute atomic E-state index is 0.107. The number of carbonyl (C=O) groups excluding carboxylic acids is 1. The molecule has 136 valence electrons. The Morgan fingerprint density at radius 1 is 1.19 bits per heavy atom. The van der Waals surface area contributed by atoms with Crippen LogP contribution < -0.4 is 10.6 Å². The number of hydrogen-bond acceptors (Lipinski definition) is 3. The van der Waals surface area contributed by atoms with E-state index < -0.39 is 0 Å². The molecule has 1 amide bonds. The van der Waals surface area contributed by atoms with Crippen molar-refractivity contribution in [2.75, 3.05) is 0 Å². The number of rotatable bonds is 3. The maximum atomic E-state index is 14.3. The molecule has 2 fully saturated rings. The van der Waals surface area contributed by atoms with Gasteiger partial charge in [-0.25, -0.2) is 9.07 Å². The first-order chi connectivity index (χ1) is 12.7. The topological polar surface area (TPSA) is 59.0 Å². The average Bonchev–Trinajstić information content (AvgIpc) is 3.31. The summed E-state index contributed by atoms with van der Waals surface area (Å²) < 4.78 is 15.9. The zero-order valence-corrected chi connectivity index (χ0v) is 14.7. The molecule has 2 N–H and O–H groups in total. The molecule has 0 saturated carbocycles. The summed E-state index contributed by atoms with van der Waals surface area (Å²) in [5.74, 6) is -0.420. The van der Waals surface area contributed by atoms with Crippen LogP contribution in [0.4, 0.5) is 4.39 Å².